The number of rotatable bonds is 4. The van der Waals surface area contributed by atoms with Crippen LogP contribution in [-0.2, 0) is 29.4 Å². The Morgan fingerprint density at radius 3 is 2.79 bits per heavy atom. The molecule has 8 heteroatoms. The molecular formula is C26H24O7S. The van der Waals surface area contributed by atoms with Gasteiger partial charge in [-0.25, -0.2) is 0 Å². The maximum Gasteiger partial charge on any atom is 0.264 e. The first-order valence-electron chi connectivity index (χ1n) is 11.1. The summed E-state index contributed by atoms with van der Waals surface area (Å²) in [7, 11) is -3.64. The highest BCUT2D eigenvalue weighted by atomic mass is 32.2. The van der Waals surface area contributed by atoms with Gasteiger partial charge in [0, 0.05) is 11.5 Å². The normalized spacial score (nSPS) is 26.5. The molecule has 0 amide bonds. The van der Waals surface area contributed by atoms with E-state index in [0.29, 0.717) is 11.5 Å². The molecule has 2 aliphatic carbocycles. The highest BCUT2D eigenvalue weighted by Crippen LogP contribution is 2.58. The van der Waals surface area contributed by atoms with Crippen LogP contribution in [0, 0.1) is 0 Å². The third-order valence-electron chi connectivity index (χ3n) is 6.79. The first kappa shape index (κ1) is 21.5. The Morgan fingerprint density at radius 1 is 1.15 bits per heavy atom. The second kappa shape index (κ2) is 7.46. The fourth-order valence-electron chi connectivity index (χ4n) is 5.41. The summed E-state index contributed by atoms with van der Waals surface area (Å²) in [6.45, 7) is 4.06. The summed E-state index contributed by atoms with van der Waals surface area (Å²) in [5, 5.41) is 0. The first-order valence-corrected chi connectivity index (χ1v) is 12.9. The van der Waals surface area contributed by atoms with Crippen molar-refractivity contribution in [1.82, 2.24) is 0 Å². The molecule has 0 aromatic heterocycles. The lowest BCUT2D eigenvalue weighted by molar-refractivity contribution is -0.0663. The van der Waals surface area contributed by atoms with Crippen molar-refractivity contribution in [2.24, 2.45) is 0 Å². The lowest BCUT2D eigenvalue weighted by Crippen LogP contribution is -2.38. The van der Waals surface area contributed by atoms with Crippen LogP contribution in [0.4, 0.5) is 0 Å². The quantitative estimate of drug-likeness (QED) is 0.596. The molecule has 1 spiro atoms. The second-order valence-corrected chi connectivity index (χ2v) is 10.5. The average molecular weight is 481 g/mol. The Labute approximate surface area is 198 Å². The minimum atomic E-state index is -3.64. The highest BCUT2D eigenvalue weighted by molar-refractivity contribution is 7.85. The maximum absolute atomic E-state index is 11.9. The van der Waals surface area contributed by atoms with Crippen LogP contribution in [0.15, 0.2) is 71.5 Å². The molecule has 0 saturated carbocycles. The van der Waals surface area contributed by atoms with Gasteiger partial charge in [-0.2, -0.15) is 8.42 Å². The summed E-state index contributed by atoms with van der Waals surface area (Å²) in [5.41, 5.74) is 4.79. The summed E-state index contributed by atoms with van der Waals surface area (Å²) in [6, 6.07) is 11.9. The standard InChI is InChI=1S/C26H24O7S/c1-15-19(13-31-34(3,27)28)25-18(17-10-11-22-23(12-17)30-14-29-22)6-4-8-21(25)26-20(15)7-5-9-24(26)32-16(2)33-26/h4-12,16,19H,13-14H2,1-3H3. The molecule has 176 valence electrons. The fourth-order valence-corrected chi connectivity index (χ4v) is 5.80. The van der Waals surface area contributed by atoms with Gasteiger partial charge in [0.15, 0.2) is 23.4 Å². The number of fused-ring (bicyclic) bond motifs is 2. The van der Waals surface area contributed by atoms with Gasteiger partial charge >= 0.3 is 0 Å². The van der Waals surface area contributed by atoms with Crippen molar-refractivity contribution in [3.05, 3.63) is 82.7 Å². The Bertz CT molecular complexity index is 1400. The zero-order chi connectivity index (χ0) is 23.7. The topological polar surface area (TPSA) is 80.3 Å². The predicted octanol–water partition coefficient (Wildman–Crippen LogP) is 4.51. The smallest absolute Gasteiger partial charge is 0.264 e. The number of allylic oxidation sites excluding steroid dienone is 2. The van der Waals surface area contributed by atoms with Crippen molar-refractivity contribution in [3.8, 4) is 22.6 Å². The van der Waals surface area contributed by atoms with Crippen LogP contribution >= 0.6 is 0 Å². The van der Waals surface area contributed by atoms with Crippen LogP contribution in [-0.4, -0.2) is 34.4 Å². The van der Waals surface area contributed by atoms with Crippen LogP contribution in [0.3, 0.4) is 0 Å². The molecule has 0 N–H and O–H groups in total. The van der Waals surface area contributed by atoms with Crippen LogP contribution < -0.4 is 9.47 Å². The molecule has 2 heterocycles. The van der Waals surface area contributed by atoms with Crippen LogP contribution in [0.25, 0.3) is 11.1 Å². The third kappa shape index (κ3) is 3.13. The summed E-state index contributed by atoms with van der Waals surface area (Å²) >= 11 is 0. The van der Waals surface area contributed by atoms with Gasteiger partial charge in [0.2, 0.25) is 6.79 Å². The van der Waals surface area contributed by atoms with E-state index in [1.54, 1.807) is 0 Å². The number of hydrogen-bond acceptors (Lipinski definition) is 7. The van der Waals surface area contributed by atoms with Crippen molar-refractivity contribution in [2.75, 3.05) is 19.7 Å². The van der Waals surface area contributed by atoms with E-state index >= 15 is 0 Å². The summed E-state index contributed by atoms with van der Waals surface area (Å²) in [6.07, 6.45) is 6.53. The van der Waals surface area contributed by atoms with Crippen LogP contribution in [0.5, 0.6) is 11.5 Å². The molecule has 0 bridgehead atoms. The highest BCUT2D eigenvalue weighted by Gasteiger charge is 2.55. The second-order valence-electron chi connectivity index (χ2n) is 8.85. The molecule has 4 aliphatic rings. The molecule has 3 atom stereocenters. The molecule has 6 rings (SSSR count). The molecule has 0 radical (unpaired) electrons. The Morgan fingerprint density at radius 2 is 1.97 bits per heavy atom. The van der Waals surface area contributed by atoms with E-state index in [0.717, 1.165) is 45.4 Å². The zero-order valence-electron chi connectivity index (χ0n) is 19.0. The van der Waals surface area contributed by atoms with Crippen LogP contribution in [0.1, 0.15) is 30.9 Å². The monoisotopic (exact) mass is 480 g/mol. The van der Waals surface area contributed by atoms with Gasteiger partial charge in [-0.05, 0) is 54.3 Å². The minimum absolute atomic E-state index is 0.0118. The largest absolute Gasteiger partial charge is 0.466 e. The van der Waals surface area contributed by atoms with E-state index < -0.39 is 22.0 Å². The van der Waals surface area contributed by atoms with Gasteiger partial charge in [-0.1, -0.05) is 42.0 Å². The van der Waals surface area contributed by atoms with Crippen molar-refractivity contribution >= 4 is 10.1 Å². The van der Waals surface area contributed by atoms with E-state index in [2.05, 4.69) is 0 Å². The first-order chi connectivity index (χ1) is 16.3. The maximum atomic E-state index is 11.9. The minimum Gasteiger partial charge on any atom is -0.466 e. The van der Waals surface area contributed by atoms with E-state index in [1.165, 1.54) is 0 Å². The van der Waals surface area contributed by atoms with Crippen molar-refractivity contribution < 1.29 is 31.5 Å². The average Bonchev–Trinajstić information content (AvgIpc) is 3.40. The lowest BCUT2D eigenvalue weighted by Gasteiger charge is -2.42. The number of ether oxygens (including phenoxy) is 4. The summed E-state index contributed by atoms with van der Waals surface area (Å²) in [4.78, 5) is 0. The Hall–Kier alpha value is -3.07. The molecule has 1 saturated heterocycles. The van der Waals surface area contributed by atoms with Gasteiger partial charge in [0.05, 0.1) is 12.9 Å². The van der Waals surface area contributed by atoms with Gasteiger partial charge in [0.1, 0.15) is 5.76 Å². The SMILES string of the molecule is CC1=C2C=CC=C3OC(C)OC32c2cccc(-c3ccc4c(c3)OCO4)c2C1COS(C)(=O)=O. The molecule has 7 nitrogen and oxygen atoms in total. The van der Waals surface area contributed by atoms with Crippen molar-refractivity contribution in [2.45, 2.75) is 31.7 Å². The summed E-state index contributed by atoms with van der Waals surface area (Å²) in [5.74, 6) is 1.79. The fraction of sp³-hybridized carbons (Fsp3) is 0.308. The molecule has 2 aliphatic heterocycles. The number of benzene rings is 2. The van der Waals surface area contributed by atoms with Crippen molar-refractivity contribution in [1.29, 1.82) is 0 Å². The predicted molar refractivity (Wildman–Crippen MR) is 125 cm³/mol. The Kier molecular flexibility index (Phi) is 4.71. The van der Waals surface area contributed by atoms with Gasteiger partial charge in [-0.3, -0.25) is 4.18 Å². The van der Waals surface area contributed by atoms with Gasteiger partial charge < -0.3 is 18.9 Å². The van der Waals surface area contributed by atoms with E-state index in [9.17, 15) is 8.42 Å². The summed E-state index contributed by atoms with van der Waals surface area (Å²) < 4.78 is 52.9. The third-order valence-corrected chi connectivity index (χ3v) is 7.35. The lowest BCUT2D eigenvalue weighted by atomic mass is 9.66. The van der Waals surface area contributed by atoms with E-state index in [4.69, 9.17) is 23.1 Å². The molecule has 1 fully saturated rings. The molecule has 34 heavy (non-hydrogen) atoms. The van der Waals surface area contributed by atoms with Crippen LogP contribution in [0.2, 0.25) is 0 Å². The molecular weight excluding hydrogens is 456 g/mol. The molecule has 2 aromatic rings. The number of hydrogen-bond donors (Lipinski definition) is 0. The molecule has 3 unspecified atom stereocenters. The molecule has 2 aromatic carbocycles. The Balaban J connectivity index is 1.60. The zero-order valence-corrected chi connectivity index (χ0v) is 19.8. The van der Waals surface area contributed by atoms with Gasteiger partial charge in [0.25, 0.3) is 10.1 Å². The van der Waals surface area contributed by atoms with Crippen molar-refractivity contribution in [3.63, 3.8) is 0 Å². The van der Waals surface area contributed by atoms with Gasteiger partial charge in [-0.15, -0.1) is 0 Å². The van der Waals surface area contributed by atoms with E-state index in [1.807, 2.05) is 68.5 Å². The van der Waals surface area contributed by atoms with E-state index in [-0.39, 0.29) is 19.3 Å².